The summed E-state index contributed by atoms with van der Waals surface area (Å²) in [6.07, 6.45) is 4.61. The van der Waals surface area contributed by atoms with Gasteiger partial charge < -0.3 is 10.4 Å². The minimum atomic E-state index is -1.15. The van der Waals surface area contributed by atoms with Crippen LogP contribution in [0.25, 0.3) is 6.08 Å². The lowest BCUT2D eigenvalue weighted by Gasteiger charge is -2.07. The number of amides is 1. The molecule has 0 radical (unpaired) electrons. The van der Waals surface area contributed by atoms with Gasteiger partial charge in [-0.3, -0.25) is 4.79 Å². The molecule has 1 aromatic carbocycles. The number of rotatable bonds is 4. The Bertz CT molecular complexity index is 747. The second-order valence-electron chi connectivity index (χ2n) is 5.17. The number of aryl methyl sites for hydroxylation is 2. The number of carboxylic acid groups (broad SMARTS) is 1. The summed E-state index contributed by atoms with van der Waals surface area (Å²) in [7, 11) is 0. The zero-order valence-corrected chi connectivity index (χ0v) is 12.7. The predicted octanol–water partition coefficient (Wildman–Crippen LogP) is 3.09. The average Bonchev–Trinajstić information content (AvgIpc) is 3.16. The van der Waals surface area contributed by atoms with Crippen LogP contribution in [0.15, 0.2) is 41.4 Å². The van der Waals surface area contributed by atoms with E-state index in [2.05, 4.69) is 5.32 Å². The van der Waals surface area contributed by atoms with Crippen LogP contribution in [-0.2, 0) is 17.6 Å². The first-order chi connectivity index (χ1) is 10.6. The van der Waals surface area contributed by atoms with Crippen LogP contribution in [0.1, 0.15) is 32.8 Å². The van der Waals surface area contributed by atoms with Gasteiger partial charge in [-0.15, -0.1) is 11.3 Å². The maximum Gasteiger partial charge on any atom is 0.352 e. The van der Waals surface area contributed by atoms with Gasteiger partial charge in [0.15, 0.2) is 0 Å². The number of thiophene rings is 1. The Morgan fingerprint density at radius 3 is 2.73 bits per heavy atom. The maximum absolute atomic E-state index is 12.3. The normalized spacial score (nSPS) is 13.7. The summed E-state index contributed by atoms with van der Waals surface area (Å²) >= 11 is 1.42. The van der Waals surface area contributed by atoms with E-state index in [0.29, 0.717) is 5.56 Å². The number of benzene rings is 1. The Morgan fingerprint density at radius 1 is 1.18 bits per heavy atom. The van der Waals surface area contributed by atoms with E-state index < -0.39 is 5.97 Å². The number of hydrogen-bond acceptors (Lipinski definition) is 3. The fraction of sp³-hybridized carbons (Fsp3) is 0.176. The van der Waals surface area contributed by atoms with E-state index in [0.717, 1.165) is 24.1 Å². The number of carbonyl (C=O) groups is 2. The number of nitrogens with one attached hydrogen (secondary N) is 1. The summed E-state index contributed by atoms with van der Waals surface area (Å²) in [6.45, 7) is 0. The fourth-order valence-corrected chi connectivity index (χ4v) is 3.23. The predicted molar refractivity (Wildman–Crippen MR) is 85.9 cm³/mol. The molecule has 0 spiro atoms. The lowest BCUT2D eigenvalue weighted by atomic mass is 10.1. The highest BCUT2D eigenvalue weighted by atomic mass is 32.1. The van der Waals surface area contributed by atoms with Gasteiger partial charge in [-0.05, 0) is 60.0 Å². The Balaban J connectivity index is 1.81. The zero-order chi connectivity index (χ0) is 15.5. The van der Waals surface area contributed by atoms with Crippen LogP contribution in [0.3, 0.4) is 0 Å². The molecule has 4 nitrogen and oxygen atoms in total. The molecule has 0 saturated carbocycles. The Hall–Kier alpha value is -2.40. The van der Waals surface area contributed by atoms with Gasteiger partial charge in [0.05, 0.1) is 0 Å². The minimum absolute atomic E-state index is 0.118. The molecule has 2 N–H and O–H groups in total. The van der Waals surface area contributed by atoms with Crippen molar-refractivity contribution in [2.75, 3.05) is 0 Å². The molecule has 1 aromatic heterocycles. The van der Waals surface area contributed by atoms with Crippen molar-refractivity contribution in [3.05, 3.63) is 63.0 Å². The lowest BCUT2D eigenvalue weighted by Crippen LogP contribution is -2.27. The molecule has 1 aliphatic rings. The van der Waals surface area contributed by atoms with Crippen LogP contribution < -0.4 is 5.32 Å². The highest BCUT2D eigenvalue weighted by molar-refractivity contribution is 7.10. The molecule has 5 heteroatoms. The lowest BCUT2D eigenvalue weighted by molar-refractivity contribution is -0.132. The summed E-state index contributed by atoms with van der Waals surface area (Å²) in [5.41, 5.74) is 2.85. The standard InChI is InChI=1S/C17H15NO3S/c19-16(13-7-6-11-3-1-4-12(11)9-13)18-15(17(20)21)10-14-5-2-8-22-14/h2,5-10H,1,3-4H2,(H,18,19)(H,20,21). The van der Waals surface area contributed by atoms with Crippen molar-refractivity contribution in [2.24, 2.45) is 0 Å². The van der Waals surface area contributed by atoms with Gasteiger partial charge in [-0.1, -0.05) is 12.1 Å². The summed E-state index contributed by atoms with van der Waals surface area (Å²) in [5, 5.41) is 13.6. The van der Waals surface area contributed by atoms with E-state index in [1.165, 1.54) is 28.5 Å². The molecular formula is C17H15NO3S. The Morgan fingerprint density at radius 2 is 2.00 bits per heavy atom. The van der Waals surface area contributed by atoms with Gasteiger partial charge in [0.1, 0.15) is 5.70 Å². The third kappa shape index (κ3) is 3.09. The molecule has 1 amide bonds. The molecule has 1 aliphatic carbocycles. The number of fused-ring (bicyclic) bond motifs is 1. The molecule has 2 aromatic rings. The maximum atomic E-state index is 12.3. The van der Waals surface area contributed by atoms with Crippen LogP contribution in [-0.4, -0.2) is 17.0 Å². The fourth-order valence-electron chi connectivity index (χ4n) is 2.57. The Kier molecular flexibility index (Phi) is 4.06. The average molecular weight is 313 g/mol. The smallest absolute Gasteiger partial charge is 0.352 e. The molecule has 1 heterocycles. The van der Waals surface area contributed by atoms with E-state index >= 15 is 0 Å². The number of hydrogen-bond donors (Lipinski definition) is 2. The SMILES string of the molecule is O=C(O)C(=Cc1cccs1)NC(=O)c1ccc2c(c1)CCC2. The van der Waals surface area contributed by atoms with Gasteiger partial charge in [0, 0.05) is 10.4 Å². The number of aliphatic carboxylic acids is 1. The van der Waals surface area contributed by atoms with Crippen molar-refractivity contribution >= 4 is 29.3 Å². The van der Waals surface area contributed by atoms with Crippen molar-refractivity contribution in [1.29, 1.82) is 0 Å². The third-order valence-electron chi connectivity index (χ3n) is 3.67. The van der Waals surface area contributed by atoms with Gasteiger partial charge >= 0.3 is 5.97 Å². The van der Waals surface area contributed by atoms with Crippen molar-refractivity contribution in [1.82, 2.24) is 5.32 Å². The monoisotopic (exact) mass is 313 g/mol. The Labute approximate surface area is 132 Å². The van der Waals surface area contributed by atoms with E-state index in [1.807, 2.05) is 23.6 Å². The minimum Gasteiger partial charge on any atom is -0.477 e. The molecule has 0 bridgehead atoms. The van der Waals surface area contributed by atoms with Crippen molar-refractivity contribution < 1.29 is 14.7 Å². The highest BCUT2D eigenvalue weighted by Crippen LogP contribution is 2.23. The largest absolute Gasteiger partial charge is 0.477 e. The van der Waals surface area contributed by atoms with Crippen LogP contribution >= 0.6 is 11.3 Å². The van der Waals surface area contributed by atoms with Gasteiger partial charge in [0.2, 0.25) is 0 Å². The molecule has 0 aliphatic heterocycles. The van der Waals surface area contributed by atoms with E-state index in [1.54, 1.807) is 12.1 Å². The van der Waals surface area contributed by atoms with E-state index in [4.69, 9.17) is 0 Å². The van der Waals surface area contributed by atoms with Crippen LogP contribution in [0.5, 0.6) is 0 Å². The molecule has 22 heavy (non-hydrogen) atoms. The quantitative estimate of drug-likeness (QED) is 0.852. The van der Waals surface area contributed by atoms with Crippen molar-refractivity contribution in [3.63, 3.8) is 0 Å². The van der Waals surface area contributed by atoms with E-state index in [-0.39, 0.29) is 11.6 Å². The van der Waals surface area contributed by atoms with Crippen molar-refractivity contribution in [2.45, 2.75) is 19.3 Å². The van der Waals surface area contributed by atoms with Crippen molar-refractivity contribution in [3.8, 4) is 0 Å². The van der Waals surface area contributed by atoms with Crippen LogP contribution in [0.4, 0.5) is 0 Å². The second kappa shape index (κ2) is 6.15. The highest BCUT2D eigenvalue weighted by Gasteiger charge is 2.17. The molecule has 0 atom stereocenters. The first-order valence-corrected chi connectivity index (χ1v) is 7.93. The number of carboxylic acids is 1. The van der Waals surface area contributed by atoms with Gasteiger partial charge in [0.25, 0.3) is 5.91 Å². The first-order valence-electron chi connectivity index (χ1n) is 7.05. The van der Waals surface area contributed by atoms with Crippen LogP contribution in [0.2, 0.25) is 0 Å². The molecule has 0 fully saturated rings. The molecular weight excluding hydrogens is 298 g/mol. The van der Waals surface area contributed by atoms with E-state index in [9.17, 15) is 14.7 Å². The molecule has 3 rings (SSSR count). The summed E-state index contributed by atoms with van der Waals surface area (Å²) in [5.74, 6) is -1.54. The van der Waals surface area contributed by atoms with Crippen LogP contribution in [0, 0.1) is 0 Å². The first kappa shape index (κ1) is 14.5. The second-order valence-corrected chi connectivity index (χ2v) is 6.15. The molecule has 0 unspecified atom stereocenters. The topological polar surface area (TPSA) is 66.4 Å². The van der Waals surface area contributed by atoms with Gasteiger partial charge in [-0.25, -0.2) is 4.79 Å². The molecule has 0 saturated heterocycles. The summed E-state index contributed by atoms with van der Waals surface area (Å²) in [4.78, 5) is 24.4. The van der Waals surface area contributed by atoms with Gasteiger partial charge in [-0.2, -0.15) is 0 Å². The number of carbonyl (C=O) groups excluding carboxylic acids is 1. The summed E-state index contributed by atoms with van der Waals surface area (Å²) < 4.78 is 0. The zero-order valence-electron chi connectivity index (χ0n) is 11.8. The molecule has 112 valence electrons. The summed E-state index contributed by atoms with van der Waals surface area (Å²) in [6, 6.07) is 9.21. The third-order valence-corrected chi connectivity index (χ3v) is 4.49.